The number of carbonyl (C=O) groups is 1. The van der Waals surface area contributed by atoms with E-state index < -0.39 is 17.6 Å². The minimum atomic E-state index is -1.26. The van der Waals surface area contributed by atoms with Crippen molar-refractivity contribution in [1.29, 1.82) is 0 Å². The molecule has 5 nitrogen and oxygen atoms in total. The molecular formula is C11H7BrF2N2O3. The lowest BCUT2D eigenvalue weighted by Crippen LogP contribution is -1.97. The van der Waals surface area contributed by atoms with Gasteiger partial charge in [0.1, 0.15) is 11.5 Å². The van der Waals surface area contributed by atoms with Crippen LogP contribution in [0.15, 0.2) is 16.6 Å². The molecule has 0 saturated carbocycles. The SMILES string of the molecule is COc1cc(F)c(-c2n[nH]c(C(=O)O)c2Br)cc1F. The molecule has 0 bridgehead atoms. The van der Waals surface area contributed by atoms with Gasteiger partial charge in [-0.25, -0.2) is 13.6 Å². The number of methoxy groups -OCH3 is 1. The van der Waals surface area contributed by atoms with Crippen molar-refractivity contribution in [3.8, 4) is 17.0 Å². The summed E-state index contributed by atoms with van der Waals surface area (Å²) in [6.45, 7) is 0. The Bertz CT molecular complexity index is 658. The number of aromatic amines is 1. The molecule has 2 N–H and O–H groups in total. The molecule has 2 rings (SSSR count). The third-order valence-corrected chi connectivity index (χ3v) is 3.19. The third-order valence-electron chi connectivity index (χ3n) is 2.42. The zero-order valence-corrected chi connectivity index (χ0v) is 11.1. The number of H-pyrrole nitrogens is 1. The molecule has 8 heteroatoms. The zero-order valence-electron chi connectivity index (χ0n) is 9.50. The molecule has 2 aromatic rings. The number of carboxylic acids is 1. The van der Waals surface area contributed by atoms with Gasteiger partial charge in [0, 0.05) is 11.6 Å². The molecule has 0 unspecified atom stereocenters. The fraction of sp³-hybridized carbons (Fsp3) is 0.0909. The molecule has 0 amide bonds. The highest BCUT2D eigenvalue weighted by molar-refractivity contribution is 9.10. The Labute approximate surface area is 114 Å². The van der Waals surface area contributed by atoms with Gasteiger partial charge in [-0.15, -0.1) is 0 Å². The first-order chi connectivity index (χ1) is 8.95. The van der Waals surface area contributed by atoms with E-state index in [9.17, 15) is 13.6 Å². The zero-order chi connectivity index (χ0) is 14.2. The van der Waals surface area contributed by atoms with E-state index in [0.717, 1.165) is 12.1 Å². The summed E-state index contributed by atoms with van der Waals surface area (Å²) in [6, 6.07) is 1.76. The van der Waals surface area contributed by atoms with Crippen LogP contribution < -0.4 is 4.74 Å². The number of hydrogen-bond acceptors (Lipinski definition) is 3. The Hall–Kier alpha value is -1.96. The van der Waals surface area contributed by atoms with Gasteiger partial charge >= 0.3 is 5.97 Å². The Morgan fingerprint density at radius 2 is 2.11 bits per heavy atom. The number of rotatable bonds is 3. The summed E-state index contributed by atoms with van der Waals surface area (Å²) in [5.74, 6) is -3.06. The van der Waals surface area contributed by atoms with Gasteiger partial charge in [0.15, 0.2) is 17.3 Å². The molecule has 0 atom stereocenters. The van der Waals surface area contributed by atoms with Gasteiger partial charge < -0.3 is 9.84 Å². The second-order valence-electron chi connectivity index (χ2n) is 3.53. The third kappa shape index (κ3) is 2.30. The van der Waals surface area contributed by atoms with Crippen LogP contribution in [0, 0.1) is 11.6 Å². The van der Waals surface area contributed by atoms with Gasteiger partial charge in [0.2, 0.25) is 0 Å². The highest BCUT2D eigenvalue weighted by Crippen LogP contribution is 2.33. The van der Waals surface area contributed by atoms with E-state index in [1.807, 2.05) is 0 Å². The Morgan fingerprint density at radius 3 is 2.63 bits per heavy atom. The molecule has 0 saturated heterocycles. The molecule has 0 spiro atoms. The molecule has 0 fully saturated rings. The van der Waals surface area contributed by atoms with Gasteiger partial charge in [-0.3, -0.25) is 5.10 Å². The molecule has 1 aromatic heterocycles. The predicted octanol–water partition coefficient (Wildman–Crippen LogP) is 2.82. The summed E-state index contributed by atoms with van der Waals surface area (Å²) in [5, 5.41) is 14.7. The summed E-state index contributed by atoms with van der Waals surface area (Å²) in [5.41, 5.74) is -0.448. The molecule has 19 heavy (non-hydrogen) atoms. The van der Waals surface area contributed by atoms with E-state index in [0.29, 0.717) is 0 Å². The number of nitrogens with one attached hydrogen (secondary N) is 1. The minimum Gasteiger partial charge on any atom is -0.494 e. The van der Waals surface area contributed by atoms with Crippen LogP contribution in [0.25, 0.3) is 11.3 Å². The van der Waals surface area contributed by atoms with Crippen molar-refractivity contribution in [2.24, 2.45) is 0 Å². The first-order valence-electron chi connectivity index (χ1n) is 4.96. The molecule has 100 valence electrons. The number of benzene rings is 1. The van der Waals surface area contributed by atoms with Crippen LogP contribution in [-0.4, -0.2) is 28.4 Å². The number of ether oxygens (including phenoxy) is 1. The van der Waals surface area contributed by atoms with Crippen molar-refractivity contribution >= 4 is 21.9 Å². The van der Waals surface area contributed by atoms with Crippen LogP contribution in [0.4, 0.5) is 8.78 Å². The van der Waals surface area contributed by atoms with Crippen molar-refractivity contribution in [1.82, 2.24) is 10.2 Å². The van der Waals surface area contributed by atoms with Crippen molar-refractivity contribution < 1.29 is 23.4 Å². The van der Waals surface area contributed by atoms with Crippen LogP contribution in [0.5, 0.6) is 5.75 Å². The van der Waals surface area contributed by atoms with E-state index in [1.165, 1.54) is 7.11 Å². The maximum absolute atomic E-state index is 13.8. The topological polar surface area (TPSA) is 75.2 Å². The number of aromatic carboxylic acids is 1. The molecule has 0 aliphatic carbocycles. The normalized spacial score (nSPS) is 10.5. The lowest BCUT2D eigenvalue weighted by molar-refractivity contribution is 0.0689. The van der Waals surface area contributed by atoms with Gasteiger partial charge in [0.25, 0.3) is 0 Å². The van der Waals surface area contributed by atoms with Crippen LogP contribution >= 0.6 is 15.9 Å². The van der Waals surface area contributed by atoms with Crippen LogP contribution in [-0.2, 0) is 0 Å². The van der Waals surface area contributed by atoms with E-state index in [-0.39, 0.29) is 27.2 Å². The van der Waals surface area contributed by atoms with Crippen molar-refractivity contribution in [3.05, 3.63) is 33.9 Å². The molecule has 0 aliphatic heterocycles. The van der Waals surface area contributed by atoms with Crippen molar-refractivity contribution in [2.75, 3.05) is 7.11 Å². The monoisotopic (exact) mass is 332 g/mol. The van der Waals surface area contributed by atoms with E-state index in [2.05, 4.69) is 30.9 Å². The number of nitrogens with zero attached hydrogens (tertiary/aromatic N) is 1. The summed E-state index contributed by atoms with van der Waals surface area (Å²) in [6.07, 6.45) is 0. The average Bonchev–Trinajstić information content (AvgIpc) is 2.73. The Balaban J connectivity index is 2.60. The van der Waals surface area contributed by atoms with Gasteiger partial charge in [-0.1, -0.05) is 0 Å². The van der Waals surface area contributed by atoms with Crippen molar-refractivity contribution in [2.45, 2.75) is 0 Å². The summed E-state index contributed by atoms with van der Waals surface area (Å²) >= 11 is 2.99. The second-order valence-corrected chi connectivity index (χ2v) is 4.33. The lowest BCUT2D eigenvalue weighted by atomic mass is 10.1. The molecule has 1 heterocycles. The Kier molecular flexibility index (Phi) is 3.52. The van der Waals surface area contributed by atoms with Crippen LogP contribution in [0.2, 0.25) is 0 Å². The lowest BCUT2D eigenvalue weighted by Gasteiger charge is -2.05. The molecule has 0 aliphatic rings. The minimum absolute atomic E-state index is 0.0311. The Morgan fingerprint density at radius 1 is 1.42 bits per heavy atom. The summed E-state index contributed by atoms with van der Waals surface area (Å²) in [7, 11) is 1.21. The highest BCUT2D eigenvalue weighted by Gasteiger charge is 2.21. The molecule has 0 radical (unpaired) electrons. The smallest absolute Gasteiger partial charge is 0.355 e. The van der Waals surface area contributed by atoms with E-state index in [1.54, 1.807) is 0 Å². The van der Waals surface area contributed by atoms with Gasteiger partial charge in [0.05, 0.1) is 11.6 Å². The molecule has 1 aromatic carbocycles. The van der Waals surface area contributed by atoms with Crippen LogP contribution in [0.3, 0.4) is 0 Å². The average molecular weight is 333 g/mol. The quantitative estimate of drug-likeness (QED) is 0.906. The van der Waals surface area contributed by atoms with Crippen molar-refractivity contribution in [3.63, 3.8) is 0 Å². The fourth-order valence-corrected chi connectivity index (χ4v) is 2.08. The largest absolute Gasteiger partial charge is 0.494 e. The first-order valence-corrected chi connectivity index (χ1v) is 5.75. The maximum atomic E-state index is 13.8. The fourth-order valence-electron chi connectivity index (χ4n) is 1.52. The van der Waals surface area contributed by atoms with E-state index in [4.69, 9.17) is 5.11 Å². The predicted molar refractivity (Wildman–Crippen MR) is 65.2 cm³/mol. The highest BCUT2D eigenvalue weighted by atomic mass is 79.9. The van der Waals surface area contributed by atoms with E-state index >= 15 is 0 Å². The second kappa shape index (κ2) is 4.96. The summed E-state index contributed by atoms with van der Waals surface area (Å²) < 4.78 is 32.1. The van der Waals surface area contributed by atoms with Crippen LogP contribution in [0.1, 0.15) is 10.5 Å². The first kappa shape index (κ1) is 13.5. The number of carboxylic acid groups (broad SMARTS) is 1. The number of hydrogen-bond donors (Lipinski definition) is 2. The number of aromatic nitrogens is 2. The van der Waals surface area contributed by atoms with Gasteiger partial charge in [-0.05, 0) is 22.0 Å². The van der Waals surface area contributed by atoms with Gasteiger partial charge in [-0.2, -0.15) is 5.10 Å². The number of halogens is 3. The molecular weight excluding hydrogens is 326 g/mol. The maximum Gasteiger partial charge on any atom is 0.355 e. The summed E-state index contributed by atoms with van der Waals surface area (Å²) in [4.78, 5) is 10.8. The standard InChI is InChI=1S/C11H7BrF2N2O3/c1-19-7-3-5(13)4(2-6(7)14)9-8(12)10(11(17)18)16-15-9/h2-3H,1H3,(H,15,16)(H,17,18).